The lowest BCUT2D eigenvalue weighted by atomic mass is 9.79. The van der Waals surface area contributed by atoms with Gasteiger partial charge in [0.2, 0.25) is 0 Å². The third-order valence-electron chi connectivity index (χ3n) is 3.42. The van der Waals surface area contributed by atoms with Crippen molar-refractivity contribution in [3.63, 3.8) is 0 Å². The number of methoxy groups -OCH3 is 1. The summed E-state index contributed by atoms with van der Waals surface area (Å²) in [5, 5.41) is 12.8. The van der Waals surface area contributed by atoms with Crippen molar-refractivity contribution < 1.29 is 4.74 Å². The number of rotatable bonds is 4. The third kappa shape index (κ3) is 2.66. The molecule has 1 atom stereocenters. The summed E-state index contributed by atoms with van der Waals surface area (Å²) in [6.45, 7) is 1.37. The molecule has 0 amide bonds. The van der Waals surface area contributed by atoms with Gasteiger partial charge in [0.1, 0.15) is 5.54 Å². The second kappa shape index (κ2) is 5.31. The molecule has 0 bridgehead atoms. The van der Waals surface area contributed by atoms with Crippen LogP contribution in [0.25, 0.3) is 0 Å². The van der Waals surface area contributed by atoms with E-state index in [1.807, 2.05) is 6.07 Å². The molecular weight excluding hydrogens is 212 g/mol. The average Bonchev–Trinajstić information content (AvgIpc) is 2.39. The predicted molar refractivity (Wildman–Crippen MR) is 66.7 cm³/mol. The first-order chi connectivity index (χ1) is 8.29. The Morgan fingerprint density at radius 2 is 2.18 bits per heavy atom. The largest absolute Gasteiger partial charge is 0.383 e. The fourth-order valence-corrected chi connectivity index (χ4v) is 2.41. The van der Waals surface area contributed by atoms with E-state index in [-0.39, 0.29) is 0 Å². The van der Waals surface area contributed by atoms with Crippen molar-refractivity contribution in [1.82, 2.24) is 5.32 Å². The van der Waals surface area contributed by atoms with Gasteiger partial charge in [-0.2, -0.15) is 5.26 Å². The minimum Gasteiger partial charge on any atom is -0.383 e. The Morgan fingerprint density at radius 3 is 2.88 bits per heavy atom. The van der Waals surface area contributed by atoms with Crippen LogP contribution >= 0.6 is 0 Å². The number of nitriles is 1. The van der Waals surface area contributed by atoms with E-state index in [4.69, 9.17) is 4.74 Å². The molecule has 1 unspecified atom stereocenters. The van der Waals surface area contributed by atoms with Gasteiger partial charge < -0.3 is 4.74 Å². The van der Waals surface area contributed by atoms with Crippen molar-refractivity contribution in [1.29, 1.82) is 5.26 Å². The molecule has 0 radical (unpaired) electrons. The zero-order chi connectivity index (χ0) is 12.1. The van der Waals surface area contributed by atoms with Crippen LogP contribution in [0.3, 0.4) is 0 Å². The first kappa shape index (κ1) is 12.1. The summed E-state index contributed by atoms with van der Waals surface area (Å²) in [6, 6.07) is 10.8. The maximum absolute atomic E-state index is 9.41. The molecule has 0 aliphatic heterocycles. The minimum atomic E-state index is -0.410. The Bertz CT molecular complexity index is 424. The van der Waals surface area contributed by atoms with Crippen LogP contribution in [-0.2, 0) is 17.6 Å². The maximum Gasteiger partial charge on any atom is 0.111 e. The highest BCUT2D eigenvalue weighted by Crippen LogP contribution is 2.28. The van der Waals surface area contributed by atoms with Crippen molar-refractivity contribution in [2.75, 3.05) is 20.3 Å². The van der Waals surface area contributed by atoms with Crippen molar-refractivity contribution in [2.45, 2.75) is 24.8 Å². The molecule has 3 nitrogen and oxygen atoms in total. The Balaban J connectivity index is 2.10. The minimum absolute atomic E-state index is 0.410. The van der Waals surface area contributed by atoms with Gasteiger partial charge in [0.05, 0.1) is 12.7 Å². The number of ether oxygens (including phenoxy) is 1. The van der Waals surface area contributed by atoms with Crippen LogP contribution in [0.2, 0.25) is 0 Å². The van der Waals surface area contributed by atoms with Crippen LogP contribution in [-0.4, -0.2) is 25.8 Å². The van der Waals surface area contributed by atoms with Gasteiger partial charge in [-0.15, -0.1) is 0 Å². The number of aryl methyl sites for hydroxylation is 1. The zero-order valence-electron chi connectivity index (χ0n) is 10.2. The molecule has 90 valence electrons. The Hall–Kier alpha value is -1.37. The number of benzene rings is 1. The number of nitrogens with one attached hydrogen (secondary N) is 1. The van der Waals surface area contributed by atoms with E-state index < -0.39 is 5.54 Å². The molecule has 0 saturated heterocycles. The van der Waals surface area contributed by atoms with E-state index in [2.05, 4.69) is 29.6 Å². The van der Waals surface area contributed by atoms with Gasteiger partial charge in [-0.1, -0.05) is 24.3 Å². The van der Waals surface area contributed by atoms with Gasteiger partial charge in [0, 0.05) is 20.1 Å². The monoisotopic (exact) mass is 230 g/mol. The normalized spacial score (nSPS) is 22.8. The third-order valence-corrected chi connectivity index (χ3v) is 3.42. The van der Waals surface area contributed by atoms with E-state index >= 15 is 0 Å². The molecule has 0 spiro atoms. The van der Waals surface area contributed by atoms with Crippen LogP contribution in [0.4, 0.5) is 0 Å². The van der Waals surface area contributed by atoms with Crippen LogP contribution in [0.15, 0.2) is 24.3 Å². The van der Waals surface area contributed by atoms with Crippen molar-refractivity contribution in [2.24, 2.45) is 0 Å². The van der Waals surface area contributed by atoms with E-state index in [1.165, 1.54) is 11.1 Å². The first-order valence-corrected chi connectivity index (χ1v) is 6.02. The van der Waals surface area contributed by atoms with E-state index in [1.54, 1.807) is 7.11 Å². The summed E-state index contributed by atoms with van der Waals surface area (Å²) in [5.74, 6) is 0. The Morgan fingerprint density at radius 1 is 1.41 bits per heavy atom. The van der Waals surface area contributed by atoms with Crippen molar-refractivity contribution in [3.8, 4) is 6.07 Å². The van der Waals surface area contributed by atoms with Crippen molar-refractivity contribution in [3.05, 3.63) is 35.4 Å². The lowest BCUT2D eigenvalue weighted by molar-refractivity contribution is 0.188. The molecule has 0 fully saturated rings. The van der Waals surface area contributed by atoms with Crippen LogP contribution in [0.1, 0.15) is 17.5 Å². The lowest BCUT2D eigenvalue weighted by Gasteiger charge is -2.33. The van der Waals surface area contributed by atoms with Crippen LogP contribution in [0, 0.1) is 11.3 Å². The van der Waals surface area contributed by atoms with E-state index in [9.17, 15) is 5.26 Å². The topological polar surface area (TPSA) is 45.0 Å². The Kier molecular flexibility index (Phi) is 3.78. The van der Waals surface area contributed by atoms with E-state index in [0.717, 1.165) is 25.8 Å². The Labute approximate surface area is 102 Å². The standard InChI is InChI=1S/C14H18N2O/c1-17-9-8-16-14(11-15)7-6-12-4-2-3-5-13(12)10-14/h2-5,16H,6-10H2,1H3. The highest BCUT2D eigenvalue weighted by atomic mass is 16.5. The molecule has 3 heteroatoms. The SMILES string of the molecule is COCCNC1(C#N)CCc2ccccc2C1. The highest BCUT2D eigenvalue weighted by molar-refractivity contribution is 5.34. The second-order valence-corrected chi connectivity index (χ2v) is 4.56. The van der Waals surface area contributed by atoms with Gasteiger partial charge in [0.15, 0.2) is 0 Å². The van der Waals surface area contributed by atoms with Gasteiger partial charge >= 0.3 is 0 Å². The molecule has 1 aromatic carbocycles. The quantitative estimate of drug-likeness (QED) is 0.800. The summed E-state index contributed by atoms with van der Waals surface area (Å²) >= 11 is 0. The lowest BCUT2D eigenvalue weighted by Crippen LogP contribution is -2.49. The molecule has 0 heterocycles. The number of nitrogens with zero attached hydrogens (tertiary/aromatic N) is 1. The highest BCUT2D eigenvalue weighted by Gasteiger charge is 2.33. The molecule has 17 heavy (non-hydrogen) atoms. The summed E-state index contributed by atoms with van der Waals surface area (Å²) in [5.41, 5.74) is 2.27. The predicted octanol–water partition coefficient (Wildman–Crippen LogP) is 1.67. The molecule has 0 aromatic heterocycles. The van der Waals surface area contributed by atoms with Gasteiger partial charge in [-0.05, 0) is 24.0 Å². The summed E-state index contributed by atoms with van der Waals surface area (Å²) in [6.07, 6.45) is 2.65. The molecule has 1 aliphatic rings. The summed E-state index contributed by atoms with van der Waals surface area (Å²) in [7, 11) is 1.68. The first-order valence-electron chi connectivity index (χ1n) is 6.02. The van der Waals surface area contributed by atoms with Crippen molar-refractivity contribution >= 4 is 0 Å². The molecule has 1 N–H and O–H groups in total. The zero-order valence-corrected chi connectivity index (χ0v) is 10.2. The fraction of sp³-hybridized carbons (Fsp3) is 0.500. The maximum atomic E-state index is 9.41. The molecule has 1 aliphatic carbocycles. The number of fused-ring (bicyclic) bond motifs is 1. The van der Waals surface area contributed by atoms with Gasteiger partial charge in [-0.3, -0.25) is 5.32 Å². The molecular formula is C14H18N2O. The van der Waals surface area contributed by atoms with Gasteiger partial charge in [0.25, 0.3) is 0 Å². The van der Waals surface area contributed by atoms with Gasteiger partial charge in [-0.25, -0.2) is 0 Å². The number of hydrogen-bond acceptors (Lipinski definition) is 3. The molecule has 2 rings (SSSR count). The summed E-state index contributed by atoms with van der Waals surface area (Å²) in [4.78, 5) is 0. The fourth-order valence-electron chi connectivity index (χ4n) is 2.41. The van der Waals surface area contributed by atoms with Crippen LogP contribution < -0.4 is 5.32 Å². The number of hydrogen-bond donors (Lipinski definition) is 1. The van der Waals surface area contributed by atoms with E-state index in [0.29, 0.717) is 6.61 Å². The van der Waals surface area contributed by atoms with Crippen LogP contribution in [0.5, 0.6) is 0 Å². The smallest absolute Gasteiger partial charge is 0.111 e. The molecule has 1 aromatic rings. The average molecular weight is 230 g/mol. The summed E-state index contributed by atoms with van der Waals surface area (Å²) < 4.78 is 5.02. The second-order valence-electron chi connectivity index (χ2n) is 4.56. The molecule has 0 saturated carbocycles.